The van der Waals surface area contributed by atoms with Crippen molar-refractivity contribution in [3.05, 3.63) is 58.6 Å². The predicted octanol–water partition coefficient (Wildman–Crippen LogP) is 3.53. The summed E-state index contributed by atoms with van der Waals surface area (Å²) in [5, 5.41) is 3.39. The summed E-state index contributed by atoms with van der Waals surface area (Å²) in [6, 6.07) is 12.9. The number of aryl methyl sites for hydroxylation is 2. The van der Waals surface area contributed by atoms with Gasteiger partial charge in [0.2, 0.25) is 0 Å². The number of para-hydroxylation sites is 1. The normalized spacial score (nSPS) is 10.2. The SMILES string of the molecule is Cc1cccc(C)c1OCCNC(=O)COc1ccc(Cl)cc1. The highest BCUT2D eigenvalue weighted by molar-refractivity contribution is 6.30. The maximum absolute atomic E-state index is 11.7. The molecule has 0 unspecified atom stereocenters. The van der Waals surface area contributed by atoms with Crippen molar-refractivity contribution < 1.29 is 14.3 Å². The molecule has 0 aliphatic heterocycles. The molecule has 0 aliphatic carbocycles. The van der Waals surface area contributed by atoms with E-state index in [1.54, 1.807) is 24.3 Å². The molecule has 0 bridgehead atoms. The van der Waals surface area contributed by atoms with Crippen LogP contribution in [0.1, 0.15) is 11.1 Å². The Hall–Kier alpha value is -2.20. The lowest BCUT2D eigenvalue weighted by Crippen LogP contribution is -2.32. The average molecular weight is 334 g/mol. The van der Waals surface area contributed by atoms with Crippen molar-refractivity contribution in [3.63, 3.8) is 0 Å². The number of carbonyl (C=O) groups excluding carboxylic acids is 1. The molecule has 0 atom stereocenters. The third kappa shape index (κ3) is 5.49. The Labute approximate surface area is 141 Å². The summed E-state index contributed by atoms with van der Waals surface area (Å²) in [6.07, 6.45) is 0. The molecule has 0 fully saturated rings. The van der Waals surface area contributed by atoms with Crippen LogP contribution in [0.4, 0.5) is 0 Å². The molecular formula is C18H20ClNO3. The van der Waals surface area contributed by atoms with Crippen LogP contribution < -0.4 is 14.8 Å². The van der Waals surface area contributed by atoms with E-state index in [-0.39, 0.29) is 12.5 Å². The Balaban J connectivity index is 1.68. The second-order valence-electron chi connectivity index (χ2n) is 5.16. The van der Waals surface area contributed by atoms with Crippen LogP contribution in [-0.4, -0.2) is 25.7 Å². The van der Waals surface area contributed by atoms with Gasteiger partial charge in [0, 0.05) is 5.02 Å². The minimum absolute atomic E-state index is 0.0367. The minimum Gasteiger partial charge on any atom is -0.491 e. The molecule has 2 aromatic carbocycles. The Morgan fingerprint density at radius 3 is 2.35 bits per heavy atom. The zero-order chi connectivity index (χ0) is 16.7. The van der Waals surface area contributed by atoms with E-state index in [0.717, 1.165) is 16.9 Å². The van der Waals surface area contributed by atoms with Crippen molar-refractivity contribution in [2.75, 3.05) is 19.8 Å². The van der Waals surface area contributed by atoms with Gasteiger partial charge in [-0.15, -0.1) is 0 Å². The van der Waals surface area contributed by atoms with Crippen molar-refractivity contribution in [1.29, 1.82) is 0 Å². The molecule has 122 valence electrons. The number of hydrogen-bond donors (Lipinski definition) is 1. The van der Waals surface area contributed by atoms with E-state index in [9.17, 15) is 4.79 Å². The second kappa shape index (κ2) is 8.44. The fraction of sp³-hybridized carbons (Fsp3) is 0.278. The summed E-state index contributed by atoms with van der Waals surface area (Å²) in [6.45, 7) is 4.81. The maximum atomic E-state index is 11.7. The molecule has 0 radical (unpaired) electrons. The van der Waals surface area contributed by atoms with Gasteiger partial charge in [-0.25, -0.2) is 0 Å². The lowest BCUT2D eigenvalue weighted by Gasteiger charge is -2.12. The van der Waals surface area contributed by atoms with E-state index in [4.69, 9.17) is 21.1 Å². The summed E-state index contributed by atoms with van der Waals surface area (Å²) in [5.41, 5.74) is 2.17. The lowest BCUT2D eigenvalue weighted by atomic mass is 10.1. The first kappa shape index (κ1) is 17.2. The van der Waals surface area contributed by atoms with Crippen LogP contribution in [0.2, 0.25) is 5.02 Å². The third-order valence-electron chi connectivity index (χ3n) is 3.26. The summed E-state index contributed by atoms with van der Waals surface area (Å²) < 4.78 is 11.1. The lowest BCUT2D eigenvalue weighted by molar-refractivity contribution is -0.123. The highest BCUT2D eigenvalue weighted by Gasteiger charge is 2.05. The van der Waals surface area contributed by atoms with Crippen LogP contribution in [0.15, 0.2) is 42.5 Å². The number of benzene rings is 2. The zero-order valence-corrected chi connectivity index (χ0v) is 14.0. The minimum atomic E-state index is -0.190. The van der Waals surface area contributed by atoms with Gasteiger partial charge in [0.05, 0.1) is 6.54 Å². The van der Waals surface area contributed by atoms with Crippen molar-refractivity contribution in [3.8, 4) is 11.5 Å². The molecule has 2 aromatic rings. The first-order chi connectivity index (χ1) is 11.1. The van der Waals surface area contributed by atoms with Crippen molar-refractivity contribution in [1.82, 2.24) is 5.32 Å². The molecule has 4 nitrogen and oxygen atoms in total. The number of halogens is 1. The zero-order valence-electron chi connectivity index (χ0n) is 13.3. The Morgan fingerprint density at radius 2 is 1.70 bits per heavy atom. The van der Waals surface area contributed by atoms with Gasteiger partial charge < -0.3 is 14.8 Å². The van der Waals surface area contributed by atoms with Crippen LogP contribution >= 0.6 is 11.6 Å². The number of amides is 1. The summed E-state index contributed by atoms with van der Waals surface area (Å²) in [7, 11) is 0. The van der Waals surface area contributed by atoms with E-state index in [0.29, 0.717) is 23.9 Å². The molecule has 1 amide bonds. The van der Waals surface area contributed by atoms with E-state index in [1.807, 2.05) is 32.0 Å². The van der Waals surface area contributed by atoms with Crippen LogP contribution in [0, 0.1) is 13.8 Å². The maximum Gasteiger partial charge on any atom is 0.258 e. The molecule has 0 saturated carbocycles. The third-order valence-corrected chi connectivity index (χ3v) is 3.51. The average Bonchev–Trinajstić information content (AvgIpc) is 2.53. The number of ether oxygens (including phenoxy) is 2. The van der Waals surface area contributed by atoms with Crippen molar-refractivity contribution in [2.24, 2.45) is 0 Å². The number of rotatable bonds is 7. The van der Waals surface area contributed by atoms with Crippen molar-refractivity contribution >= 4 is 17.5 Å². The predicted molar refractivity (Wildman–Crippen MR) is 91.4 cm³/mol. The van der Waals surface area contributed by atoms with Gasteiger partial charge in [0.1, 0.15) is 18.1 Å². The Morgan fingerprint density at radius 1 is 1.04 bits per heavy atom. The van der Waals surface area contributed by atoms with Gasteiger partial charge in [0.25, 0.3) is 5.91 Å². The molecule has 1 N–H and O–H groups in total. The van der Waals surface area contributed by atoms with Gasteiger partial charge in [-0.05, 0) is 49.2 Å². The summed E-state index contributed by atoms with van der Waals surface area (Å²) in [5.74, 6) is 1.29. The summed E-state index contributed by atoms with van der Waals surface area (Å²) >= 11 is 5.78. The Kier molecular flexibility index (Phi) is 6.29. The van der Waals surface area contributed by atoms with Crippen LogP contribution in [0.5, 0.6) is 11.5 Å². The molecule has 0 heterocycles. The molecule has 23 heavy (non-hydrogen) atoms. The monoisotopic (exact) mass is 333 g/mol. The first-order valence-corrected chi connectivity index (χ1v) is 7.78. The van der Waals surface area contributed by atoms with Gasteiger partial charge >= 0.3 is 0 Å². The van der Waals surface area contributed by atoms with Crippen LogP contribution in [0.25, 0.3) is 0 Å². The van der Waals surface area contributed by atoms with Crippen LogP contribution in [-0.2, 0) is 4.79 Å². The van der Waals surface area contributed by atoms with Gasteiger partial charge in [-0.2, -0.15) is 0 Å². The standard InChI is InChI=1S/C18H20ClNO3/c1-13-4-3-5-14(2)18(13)22-11-10-20-17(21)12-23-16-8-6-15(19)7-9-16/h3-9H,10-12H2,1-2H3,(H,20,21). The summed E-state index contributed by atoms with van der Waals surface area (Å²) in [4.78, 5) is 11.7. The molecule has 0 aromatic heterocycles. The fourth-order valence-corrected chi connectivity index (χ4v) is 2.23. The molecule has 2 rings (SSSR count). The largest absolute Gasteiger partial charge is 0.491 e. The van der Waals surface area contributed by atoms with Gasteiger partial charge in [-0.1, -0.05) is 29.8 Å². The van der Waals surface area contributed by atoms with Crippen LogP contribution in [0.3, 0.4) is 0 Å². The molecule has 0 spiro atoms. The second-order valence-corrected chi connectivity index (χ2v) is 5.60. The fourth-order valence-electron chi connectivity index (χ4n) is 2.10. The smallest absolute Gasteiger partial charge is 0.258 e. The first-order valence-electron chi connectivity index (χ1n) is 7.40. The highest BCUT2D eigenvalue weighted by atomic mass is 35.5. The van der Waals surface area contributed by atoms with Crippen molar-refractivity contribution in [2.45, 2.75) is 13.8 Å². The molecular weight excluding hydrogens is 314 g/mol. The van der Waals surface area contributed by atoms with E-state index in [1.165, 1.54) is 0 Å². The van der Waals surface area contributed by atoms with E-state index < -0.39 is 0 Å². The molecule has 0 aliphatic rings. The highest BCUT2D eigenvalue weighted by Crippen LogP contribution is 2.21. The van der Waals surface area contributed by atoms with Gasteiger partial charge in [-0.3, -0.25) is 4.79 Å². The molecule has 5 heteroatoms. The number of hydrogen-bond acceptors (Lipinski definition) is 3. The topological polar surface area (TPSA) is 47.6 Å². The quantitative estimate of drug-likeness (QED) is 0.788. The van der Waals surface area contributed by atoms with Gasteiger partial charge in [0.15, 0.2) is 6.61 Å². The number of nitrogens with one attached hydrogen (secondary N) is 1. The van der Waals surface area contributed by atoms with E-state index in [2.05, 4.69) is 5.32 Å². The Bertz CT molecular complexity index is 636. The molecule has 0 saturated heterocycles. The van der Waals surface area contributed by atoms with E-state index >= 15 is 0 Å². The number of carbonyl (C=O) groups is 1.